The van der Waals surface area contributed by atoms with E-state index in [1.54, 1.807) is 19.2 Å². The predicted molar refractivity (Wildman–Crippen MR) is 101 cm³/mol. The molecular weight excluding hydrogens is 328 g/mol. The third-order valence-corrected chi connectivity index (χ3v) is 4.86. The SMILES string of the molecule is COCc1ccc(C(=O)NCc2ccccc2CN2CCCC(C)C2)o1. The van der Waals surface area contributed by atoms with Gasteiger partial charge in [0.1, 0.15) is 12.4 Å². The molecule has 1 fully saturated rings. The van der Waals surface area contributed by atoms with E-state index in [2.05, 4.69) is 35.3 Å². The summed E-state index contributed by atoms with van der Waals surface area (Å²) in [7, 11) is 1.60. The average molecular weight is 356 g/mol. The molecule has 2 heterocycles. The molecule has 5 nitrogen and oxygen atoms in total. The molecule has 26 heavy (non-hydrogen) atoms. The molecule has 1 atom stereocenters. The van der Waals surface area contributed by atoms with E-state index in [0.29, 0.717) is 24.7 Å². The average Bonchev–Trinajstić information content (AvgIpc) is 3.10. The number of amides is 1. The Morgan fingerprint density at radius 2 is 2.08 bits per heavy atom. The summed E-state index contributed by atoms with van der Waals surface area (Å²) in [6, 6.07) is 11.8. The molecule has 1 unspecified atom stereocenters. The molecule has 2 aromatic rings. The highest BCUT2D eigenvalue weighted by atomic mass is 16.5. The minimum Gasteiger partial charge on any atom is -0.453 e. The highest BCUT2D eigenvalue weighted by molar-refractivity contribution is 5.91. The molecule has 1 amide bonds. The van der Waals surface area contributed by atoms with Crippen molar-refractivity contribution in [2.75, 3.05) is 20.2 Å². The molecule has 0 bridgehead atoms. The Labute approximate surface area is 155 Å². The number of hydrogen-bond acceptors (Lipinski definition) is 4. The number of methoxy groups -OCH3 is 1. The van der Waals surface area contributed by atoms with Gasteiger partial charge in [0.15, 0.2) is 5.76 Å². The Bertz CT molecular complexity index is 726. The van der Waals surface area contributed by atoms with E-state index < -0.39 is 0 Å². The van der Waals surface area contributed by atoms with Crippen LogP contribution in [0.5, 0.6) is 0 Å². The van der Waals surface area contributed by atoms with E-state index in [4.69, 9.17) is 9.15 Å². The number of nitrogens with zero attached hydrogens (tertiary/aromatic N) is 1. The second-order valence-electron chi connectivity index (χ2n) is 7.13. The lowest BCUT2D eigenvalue weighted by atomic mass is 9.99. The first-order chi connectivity index (χ1) is 12.7. The number of ether oxygens (including phenoxy) is 1. The third kappa shape index (κ3) is 4.96. The number of carbonyl (C=O) groups excluding carboxylic acids is 1. The van der Waals surface area contributed by atoms with Gasteiger partial charge in [-0.2, -0.15) is 0 Å². The number of rotatable bonds is 7. The molecule has 1 aliphatic rings. The number of piperidine rings is 1. The van der Waals surface area contributed by atoms with E-state index in [0.717, 1.165) is 31.1 Å². The first kappa shape index (κ1) is 18.7. The van der Waals surface area contributed by atoms with Gasteiger partial charge in [-0.3, -0.25) is 9.69 Å². The van der Waals surface area contributed by atoms with Gasteiger partial charge < -0.3 is 14.5 Å². The molecule has 140 valence electrons. The van der Waals surface area contributed by atoms with Crippen LogP contribution in [0.3, 0.4) is 0 Å². The summed E-state index contributed by atoms with van der Waals surface area (Å²) in [5.41, 5.74) is 2.43. The highest BCUT2D eigenvalue weighted by Gasteiger charge is 2.18. The van der Waals surface area contributed by atoms with Gasteiger partial charge >= 0.3 is 0 Å². The Morgan fingerprint density at radius 3 is 2.85 bits per heavy atom. The standard InChI is InChI=1S/C21H28N2O3/c1-16-6-5-11-23(13-16)14-18-8-4-3-7-17(18)12-22-21(24)20-10-9-19(26-20)15-25-2/h3-4,7-10,16H,5-6,11-15H2,1-2H3,(H,22,24). The molecule has 1 aromatic carbocycles. The molecule has 0 saturated carbocycles. The van der Waals surface area contributed by atoms with Gasteiger partial charge in [-0.05, 0) is 48.6 Å². The van der Waals surface area contributed by atoms with Gasteiger partial charge in [-0.15, -0.1) is 0 Å². The van der Waals surface area contributed by atoms with E-state index in [1.807, 2.05) is 6.07 Å². The third-order valence-electron chi connectivity index (χ3n) is 4.86. The van der Waals surface area contributed by atoms with Crippen molar-refractivity contribution >= 4 is 5.91 Å². The van der Waals surface area contributed by atoms with Gasteiger partial charge in [0.05, 0.1) is 0 Å². The first-order valence-corrected chi connectivity index (χ1v) is 9.30. The summed E-state index contributed by atoms with van der Waals surface area (Å²) in [5.74, 6) is 1.53. The largest absolute Gasteiger partial charge is 0.453 e. The van der Waals surface area contributed by atoms with Crippen LogP contribution in [0.25, 0.3) is 0 Å². The minimum atomic E-state index is -0.200. The van der Waals surface area contributed by atoms with Gasteiger partial charge in [-0.25, -0.2) is 0 Å². The maximum atomic E-state index is 12.3. The fourth-order valence-corrected chi connectivity index (χ4v) is 3.54. The molecule has 0 radical (unpaired) electrons. The summed E-state index contributed by atoms with van der Waals surface area (Å²) < 4.78 is 10.5. The lowest BCUT2D eigenvalue weighted by Crippen LogP contribution is -2.34. The van der Waals surface area contributed by atoms with Gasteiger partial charge in [-0.1, -0.05) is 31.2 Å². The lowest BCUT2D eigenvalue weighted by Gasteiger charge is -2.31. The molecule has 1 saturated heterocycles. The van der Waals surface area contributed by atoms with Crippen LogP contribution >= 0.6 is 0 Å². The fraction of sp³-hybridized carbons (Fsp3) is 0.476. The predicted octanol–water partition coefficient (Wildman–Crippen LogP) is 3.59. The number of furan rings is 1. The topological polar surface area (TPSA) is 54.7 Å². The molecule has 1 N–H and O–H groups in total. The van der Waals surface area contributed by atoms with Crippen molar-refractivity contribution in [2.45, 2.75) is 39.5 Å². The summed E-state index contributed by atoms with van der Waals surface area (Å²) in [6.45, 7) is 6.42. The lowest BCUT2D eigenvalue weighted by molar-refractivity contribution is 0.0914. The van der Waals surface area contributed by atoms with Crippen molar-refractivity contribution in [3.8, 4) is 0 Å². The summed E-state index contributed by atoms with van der Waals surface area (Å²) in [6.07, 6.45) is 2.59. The van der Waals surface area contributed by atoms with Crippen molar-refractivity contribution in [1.29, 1.82) is 0 Å². The first-order valence-electron chi connectivity index (χ1n) is 9.30. The normalized spacial score (nSPS) is 18.0. The summed E-state index contributed by atoms with van der Waals surface area (Å²) >= 11 is 0. The number of hydrogen-bond donors (Lipinski definition) is 1. The fourth-order valence-electron chi connectivity index (χ4n) is 3.54. The zero-order valence-electron chi connectivity index (χ0n) is 15.7. The van der Waals surface area contributed by atoms with Crippen molar-refractivity contribution in [2.24, 2.45) is 5.92 Å². The molecule has 0 aliphatic carbocycles. The maximum absolute atomic E-state index is 12.3. The number of carbonyl (C=O) groups is 1. The summed E-state index contributed by atoms with van der Waals surface area (Å²) in [4.78, 5) is 14.8. The summed E-state index contributed by atoms with van der Waals surface area (Å²) in [5, 5.41) is 2.97. The van der Waals surface area contributed by atoms with Crippen LogP contribution in [0.4, 0.5) is 0 Å². The van der Waals surface area contributed by atoms with E-state index >= 15 is 0 Å². The Morgan fingerprint density at radius 1 is 1.27 bits per heavy atom. The zero-order valence-corrected chi connectivity index (χ0v) is 15.7. The van der Waals surface area contributed by atoms with Crippen LogP contribution in [0, 0.1) is 5.92 Å². The highest BCUT2D eigenvalue weighted by Crippen LogP contribution is 2.19. The molecule has 1 aliphatic heterocycles. The number of likely N-dealkylation sites (tertiary alicyclic amines) is 1. The van der Waals surface area contributed by atoms with Crippen LogP contribution in [0.1, 0.15) is 47.2 Å². The maximum Gasteiger partial charge on any atom is 0.287 e. The van der Waals surface area contributed by atoms with E-state index in [-0.39, 0.29) is 5.91 Å². The molecule has 3 rings (SSSR count). The van der Waals surface area contributed by atoms with Crippen molar-refractivity contribution < 1.29 is 13.9 Å². The van der Waals surface area contributed by atoms with Crippen molar-refractivity contribution in [3.05, 3.63) is 59.0 Å². The monoisotopic (exact) mass is 356 g/mol. The minimum absolute atomic E-state index is 0.200. The number of nitrogens with one attached hydrogen (secondary N) is 1. The quantitative estimate of drug-likeness (QED) is 0.824. The van der Waals surface area contributed by atoms with Crippen molar-refractivity contribution in [1.82, 2.24) is 10.2 Å². The Hall–Kier alpha value is -2.11. The molecule has 0 spiro atoms. The second kappa shape index (κ2) is 9.01. The van der Waals surface area contributed by atoms with Crippen LogP contribution < -0.4 is 5.32 Å². The van der Waals surface area contributed by atoms with Gasteiger partial charge in [0.2, 0.25) is 0 Å². The van der Waals surface area contributed by atoms with Crippen LogP contribution in [-0.2, 0) is 24.4 Å². The van der Waals surface area contributed by atoms with Gasteiger partial charge in [0.25, 0.3) is 5.91 Å². The van der Waals surface area contributed by atoms with Crippen LogP contribution in [-0.4, -0.2) is 31.0 Å². The molecule has 5 heteroatoms. The Kier molecular flexibility index (Phi) is 6.47. The van der Waals surface area contributed by atoms with Crippen LogP contribution in [0.15, 0.2) is 40.8 Å². The van der Waals surface area contributed by atoms with Crippen LogP contribution in [0.2, 0.25) is 0 Å². The zero-order chi connectivity index (χ0) is 18.4. The van der Waals surface area contributed by atoms with E-state index in [9.17, 15) is 4.79 Å². The number of benzene rings is 1. The van der Waals surface area contributed by atoms with Gasteiger partial charge in [0, 0.05) is 26.7 Å². The smallest absolute Gasteiger partial charge is 0.287 e. The van der Waals surface area contributed by atoms with Crippen molar-refractivity contribution in [3.63, 3.8) is 0 Å². The molecule has 1 aromatic heterocycles. The second-order valence-corrected chi connectivity index (χ2v) is 7.13. The Balaban J connectivity index is 1.59. The van der Waals surface area contributed by atoms with E-state index in [1.165, 1.54) is 18.4 Å². The molecular formula is C21H28N2O3.